The van der Waals surface area contributed by atoms with E-state index < -0.39 is 5.54 Å². The lowest BCUT2D eigenvalue weighted by Gasteiger charge is -2.27. The molecule has 0 saturated heterocycles. The van der Waals surface area contributed by atoms with Crippen molar-refractivity contribution in [2.45, 2.75) is 46.1 Å². The molecule has 1 aromatic carbocycles. The number of nitrogens with one attached hydrogen (secondary N) is 1. The second-order valence-corrected chi connectivity index (χ2v) is 6.50. The maximum absolute atomic E-state index is 12.4. The van der Waals surface area contributed by atoms with Crippen molar-refractivity contribution in [2.24, 2.45) is 5.92 Å². The molecular weight excluding hydrogens is 274 g/mol. The summed E-state index contributed by atoms with van der Waals surface area (Å²) in [6.07, 6.45) is 2.05. The number of benzene rings is 1. The fourth-order valence-electron chi connectivity index (χ4n) is 2.90. The van der Waals surface area contributed by atoms with Crippen molar-refractivity contribution in [3.8, 4) is 6.07 Å². The highest BCUT2D eigenvalue weighted by Gasteiger charge is 2.43. The predicted molar refractivity (Wildman–Crippen MR) is 88.7 cm³/mol. The van der Waals surface area contributed by atoms with Crippen molar-refractivity contribution in [1.29, 1.82) is 5.26 Å². The Bertz CT molecular complexity index is 581. The van der Waals surface area contributed by atoms with E-state index in [0.29, 0.717) is 5.92 Å². The van der Waals surface area contributed by atoms with Crippen LogP contribution in [0.4, 0.5) is 5.69 Å². The summed E-state index contributed by atoms with van der Waals surface area (Å²) in [6.45, 7) is 9.02. The van der Waals surface area contributed by atoms with Crippen molar-refractivity contribution < 1.29 is 4.79 Å². The minimum absolute atomic E-state index is 0.0861. The summed E-state index contributed by atoms with van der Waals surface area (Å²) < 4.78 is 0. The Hall–Kier alpha value is -2.02. The number of hydrogen-bond donors (Lipinski definition) is 1. The van der Waals surface area contributed by atoms with E-state index in [1.165, 1.54) is 11.1 Å². The molecular formula is C18H25N3O. The zero-order chi connectivity index (χ0) is 16.3. The average Bonchev–Trinajstić information content (AvgIpc) is 3.28. The van der Waals surface area contributed by atoms with E-state index in [4.69, 9.17) is 0 Å². The largest absolute Gasteiger partial charge is 0.362 e. The van der Waals surface area contributed by atoms with Gasteiger partial charge < -0.3 is 10.2 Å². The quantitative estimate of drug-likeness (QED) is 0.878. The van der Waals surface area contributed by atoms with Crippen molar-refractivity contribution >= 4 is 11.6 Å². The van der Waals surface area contributed by atoms with Gasteiger partial charge in [0.1, 0.15) is 5.54 Å². The third kappa shape index (κ3) is 3.79. The molecule has 1 atom stereocenters. The Kier molecular flexibility index (Phi) is 4.75. The molecule has 1 aliphatic rings. The summed E-state index contributed by atoms with van der Waals surface area (Å²) in [7, 11) is 0. The summed E-state index contributed by atoms with van der Waals surface area (Å²) in [5.74, 6) is 0.217. The van der Waals surface area contributed by atoms with Crippen LogP contribution < -0.4 is 10.2 Å². The first-order valence-corrected chi connectivity index (χ1v) is 7.93. The number of nitrogens with zero attached hydrogens (tertiary/aromatic N) is 2. The highest BCUT2D eigenvalue weighted by molar-refractivity contribution is 5.82. The predicted octanol–water partition coefficient (Wildman–Crippen LogP) is 2.94. The zero-order valence-corrected chi connectivity index (χ0v) is 13.9. The molecule has 0 spiro atoms. The van der Waals surface area contributed by atoms with Crippen LogP contribution in [-0.4, -0.2) is 24.5 Å². The van der Waals surface area contributed by atoms with Gasteiger partial charge in [-0.3, -0.25) is 4.79 Å². The third-order valence-electron chi connectivity index (χ3n) is 4.31. The minimum atomic E-state index is -0.723. The van der Waals surface area contributed by atoms with Crippen molar-refractivity contribution in [3.05, 3.63) is 29.3 Å². The number of amides is 1. The molecule has 1 amide bonds. The molecule has 22 heavy (non-hydrogen) atoms. The molecule has 1 unspecified atom stereocenters. The number of aryl methyl sites for hydroxylation is 2. The maximum Gasteiger partial charge on any atom is 0.240 e. The molecule has 1 aliphatic carbocycles. The first kappa shape index (κ1) is 16.4. The molecule has 1 fully saturated rings. The van der Waals surface area contributed by atoms with Gasteiger partial charge in [-0.25, -0.2) is 0 Å². The highest BCUT2D eigenvalue weighted by atomic mass is 16.2. The van der Waals surface area contributed by atoms with E-state index in [0.717, 1.165) is 25.1 Å². The second kappa shape index (κ2) is 6.39. The van der Waals surface area contributed by atoms with Crippen LogP contribution >= 0.6 is 0 Å². The molecule has 4 nitrogen and oxygen atoms in total. The SMILES string of the molecule is CCN(CC(=O)NC(C)(C#N)C1CC1)c1cc(C)cc(C)c1. The zero-order valence-electron chi connectivity index (χ0n) is 13.9. The normalized spacial score (nSPS) is 16.5. The fourth-order valence-corrected chi connectivity index (χ4v) is 2.90. The van der Waals surface area contributed by atoms with E-state index >= 15 is 0 Å². The Morgan fingerprint density at radius 2 is 1.95 bits per heavy atom. The first-order valence-electron chi connectivity index (χ1n) is 7.93. The smallest absolute Gasteiger partial charge is 0.240 e. The van der Waals surface area contributed by atoms with E-state index in [2.05, 4.69) is 43.4 Å². The second-order valence-electron chi connectivity index (χ2n) is 6.50. The molecule has 0 bridgehead atoms. The molecule has 4 heteroatoms. The van der Waals surface area contributed by atoms with E-state index in [1.807, 2.05) is 18.7 Å². The molecule has 0 radical (unpaired) electrons. The molecule has 0 aromatic heterocycles. The number of nitriles is 1. The standard InChI is InChI=1S/C18H25N3O/c1-5-21(16-9-13(2)8-14(3)10-16)11-17(22)20-18(4,12-19)15-6-7-15/h8-10,15H,5-7,11H2,1-4H3,(H,20,22). The van der Waals surface area contributed by atoms with Crippen LogP contribution in [-0.2, 0) is 4.79 Å². The number of rotatable bonds is 6. The number of carbonyl (C=O) groups is 1. The maximum atomic E-state index is 12.4. The lowest BCUT2D eigenvalue weighted by Crippen LogP contribution is -2.50. The summed E-state index contributed by atoms with van der Waals surface area (Å²) in [6, 6.07) is 8.58. The van der Waals surface area contributed by atoms with Gasteiger partial charge in [0.25, 0.3) is 0 Å². The van der Waals surface area contributed by atoms with Crippen LogP contribution in [0.15, 0.2) is 18.2 Å². The average molecular weight is 299 g/mol. The van der Waals surface area contributed by atoms with Gasteiger partial charge in [0.05, 0.1) is 12.6 Å². The Labute approximate surface area is 133 Å². The Morgan fingerprint density at radius 3 is 2.41 bits per heavy atom. The summed E-state index contributed by atoms with van der Waals surface area (Å²) in [5, 5.41) is 12.3. The Balaban J connectivity index is 2.06. The topological polar surface area (TPSA) is 56.1 Å². The summed E-state index contributed by atoms with van der Waals surface area (Å²) >= 11 is 0. The third-order valence-corrected chi connectivity index (χ3v) is 4.31. The van der Waals surface area contributed by atoms with Crippen LogP contribution in [0.5, 0.6) is 0 Å². The molecule has 1 saturated carbocycles. The fraction of sp³-hybridized carbons (Fsp3) is 0.556. The number of anilines is 1. The minimum Gasteiger partial charge on any atom is -0.362 e. The molecule has 118 valence electrons. The van der Waals surface area contributed by atoms with Gasteiger partial charge >= 0.3 is 0 Å². The van der Waals surface area contributed by atoms with Gasteiger partial charge in [-0.1, -0.05) is 6.07 Å². The van der Waals surface area contributed by atoms with Crippen molar-refractivity contribution in [3.63, 3.8) is 0 Å². The number of hydrogen-bond acceptors (Lipinski definition) is 3. The summed E-state index contributed by atoms with van der Waals surface area (Å²) in [4.78, 5) is 14.4. The van der Waals surface area contributed by atoms with Crippen molar-refractivity contribution in [1.82, 2.24) is 5.32 Å². The van der Waals surface area contributed by atoms with E-state index in [1.54, 1.807) is 0 Å². The van der Waals surface area contributed by atoms with Crippen LogP contribution in [0, 0.1) is 31.1 Å². The van der Waals surface area contributed by atoms with E-state index in [9.17, 15) is 10.1 Å². The lowest BCUT2D eigenvalue weighted by molar-refractivity contribution is -0.121. The van der Waals surface area contributed by atoms with Gasteiger partial charge in [0.15, 0.2) is 0 Å². The van der Waals surface area contributed by atoms with Gasteiger partial charge in [-0.05, 0) is 69.7 Å². The monoisotopic (exact) mass is 299 g/mol. The molecule has 0 heterocycles. The van der Waals surface area contributed by atoms with Gasteiger partial charge in [-0.2, -0.15) is 5.26 Å². The first-order chi connectivity index (χ1) is 10.4. The van der Waals surface area contributed by atoms with E-state index in [-0.39, 0.29) is 12.5 Å². The lowest BCUT2D eigenvalue weighted by atomic mass is 9.98. The number of likely N-dealkylation sites (N-methyl/N-ethyl adjacent to an activating group) is 1. The van der Waals surface area contributed by atoms with Crippen molar-refractivity contribution in [2.75, 3.05) is 18.0 Å². The molecule has 1 N–H and O–H groups in total. The molecule has 2 rings (SSSR count). The van der Waals surface area contributed by atoms with Crippen LogP contribution in [0.1, 0.15) is 37.8 Å². The van der Waals surface area contributed by atoms with Crippen LogP contribution in [0.25, 0.3) is 0 Å². The van der Waals surface area contributed by atoms with Gasteiger partial charge in [-0.15, -0.1) is 0 Å². The molecule has 1 aromatic rings. The van der Waals surface area contributed by atoms with Gasteiger partial charge in [0, 0.05) is 12.2 Å². The molecule has 0 aliphatic heterocycles. The highest BCUT2D eigenvalue weighted by Crippen LogP contribution is 2.39. The van der Waals surface area contributed by atoms with Gasteiger partial charge in [0.2, 0.25) is 5.91 Å². The van der Waals surface area contributed by atoms with Crippen LogP contribution in [0.3, 0.4) is 0 Å². The van der Waals surface area contributed by atoms with Crippen LogP contribution in [0.2, 0.25) is 0 Å². The summed E-state index contributed by atoms with van der Waals surface area (Å²) in [5.41, 5.74) is 2.71. The number of carbonyl (C=O) groups excluding carboxylic acids is 1. The Morgan fingerprint density at radius 1 is 1.36 bits per heavy atom.